The molecule has 1 saturated carbocycles. The van der Waals surface area contributed by atoms with Gasteiger partial charge < -0.3 is 35.4 Å². The summed E-state index contributed by atoms with van der Waals surface area (Å²) in [6.45, 7) is 0. The molecule has 1 aromatic rings. The van der Waals surface area contributed by atoms with Crippen LogP contribution >= 0.6 is 0 Å². The number of hydrogen-bond donors (Lipinski definition) is 6. The average molecular weight is 354 g/mol. The minimum absolute atomic E-state index is 0.327. The number of esters is 1. The molecule has 0 radical (unpaired) electrons. The lowest BCUT2D eigenvalue weighted by Crippen LogP contribution is -2.57. The lowest BCUT2D eigenvalue weighted by Gasteiger charge is -2.39. The maximum atomic E-state index is 11.8. The van der Waals surface area contributed by atoms with Gasteiger partial charge in [-0.3, -0.25) is 0 Å². The number of aliphatic hydroxyl groups is 3. The van der Waals surface area contributed by atoms with Crippen LogP contribution in [0.3, 0.4) is 0 Å². The summed E-state index contributed by atoms with van der Waals surface area (Å²) < 4.78 is 4.92. The zero-order valence-corrected chi connectivity index (χ0v) is 12.9. The third kappa shape index (κ3) is 4.27. The van der Waals surface area contributed by atoms with Gasteiger partial charge in [0, 0.05) is 18.9 Å². The van der Waals surface area contributed by atoms with E-state index in [-0.39, 0.29) is 11.5 Å². The highest BCUT2D eigenvalue weighted by Crippen LogP contribution is 2.31. The van der Waals surface area contributed by atoms with E-state index in [9.17, 15) is 35.1 Å². The van der Waals surface area contributed by atoms with Gasteiger partial charge in [-0.15, -0.1) is 0 Å². The molecule has 0 aliphatic heterocycles. The highest BCUT2D eigenvalue weighted by Gasteiger charge is 2.50. The fraction of sp³-hybridized carbons (Fsp3) is 0.375. The van der Waals surface area contributed by atoms with E-state index in [1.54, 1.807) is 0 Å². The van der Waals surface area contributed by atoms with Crippen LogP contribution in [0, 0.1) is 0 Å². The van der Waals surface area contributed by atoms with Gasteiger partial charge >= 0.3 is 11.9 Å². The normalized spacial score (nSPS) is 29.5. The van der Waals surface area contributed by atoms with Gasteiger partial charge in [0.25, 0.3) is 0 Å². The summed E-state index contributed by atoms with van der Waals surface area (Å²) in [5.41, 5.74) is -1.94. The van der Waals surface area contributed by atoms with Crippen molar-refractivity contribution >= 4 is 18.0 Å². The summed E-state index contributed by atoms with van der Waals surface area (Å²) in [7, 11) is 0. The van der Waals surface area contributed by atoms with E-state index >= 15 is 0 Å². The van der Waals surface area contributed by atoms with Gasteiger partial charge in [-0.2, -0.15) is 0 Å². The van der Waals surface area contributed by atoms with Crippen LogP contribution in [-0.2, 0) is 14.3 Å². The molecule has 4 atom stereocenters. The number of rotatable bonds is 4. The molecular weight excluding hydrogens is 336 g/mol. The highest BCUT2D eigenvalue weighted by atomic mass is 16.6. The molecule has 0 saturated heterocycles. The summed E-state index contributed by atoms with van der Waals surface area (Å²) in [4.78, 5) is 22.9. The van der Waals surface area contributed by atoms with Crippen molar-refractivity contribution in [3.63, 3.8) is 0 Å². The first kappa shape index (κ1) is 18.7. The second-order valence-electron chi connectivity index (χ2n) is 5.86. The van der Waals surface area contributed by atoms with Gasteiger partial charge in [-0.05, 0) is 23.8 Å². The van der Waals surface area contributed by atoms with Crippen molar-refractivity contribution in [1.29, 1.82) is 0 Å². The molecule has 1 aliphatic carbocycles. The Labute approximate surface area is 142 Å². The SMILES string of the molecule is O=C(/C=C\c1ccc(O)c(O)c1)O[C@@H]1C[C@](O)(C(=O)O)C[C@H](O)[C@H]1O. The molecule has 1 fully saturated rings. The number of phenolic OH excluding ortho intramolecular Hbond substituents is 2. The first-order chi connectivity index (χ1) is 11.6. The molecular formula is C16H18O9. The number of aliphatic carboxylic acids is 1. The first-order valence-electron chi connectivity index (χ1n) is 7.35. The zero-order chi connectivity index (χ0) is 18.8. The van der Waals surface area contributed by atoms with Gasteiger partial charge in [-0.1, -0.05) is 6.07 Å². The van der Waals surface area contributed by atoms with Gasteiger partial charge in [-0.25, -0.2) is 9.59 Å². The number of carboxylic acids is 1. The van der Waals surface area contributed by atoms with Crippen molar-refractivity contribution in [2.45, 2.75) is 36.8 Å². The third-order valence-electron chi connectivity index (χ3n) is 3.94. The van der Waals surface area contributed by atoms with E-state index in [4.69, 9.17) is 9.84 Å². The molecule has 25 heavy (non-hydrogen) atoms. The Bertz CT molecular complexity index is 699. The van der Waals surface area contributed by atoms with Crippen LogP contribution in [0.1, 0.15) is 18.4 Å². The Kier molecular flexibility index (Phi) is 5.31. The topological polar surface area (TPSA) is 165 Å². The molecule has 0 amide bonds. The summed E-state index contributed by atoms with van der Waals surface area (Å²) in [6.07, 6.45) is -3.44. The second-order valence-corrected chi connectivity index (χ2v) is 5.86. The van der Waals surface area contributed by atoms with Crippen molar-refractivity contribution in [3.05, 3.63) is 29.8 Å². The molecule has 6 N–H and O–H groups in total. The van der Waals surface area contributed by atoms with Crippen molar-refractivity contribution in [2.75, 3.05) is 0 Å². The van der Waals surface area contributed by atoms with Crippen molar-refractivity contribution in [2.24, 2.45) is 0 Å². The van der Waals surface area contributed by atoms with Crippen molar-refractivity contribution in [3.8, 4) is 11.5 Å². The lowest BCUT2D eigenvalue weighted by molar-refractivity contribution is -0.196. The largest absolute Gasteiger partial charge is 0.504 e. The number of aliphatic hydroxyl groups excluding tert-OH is 2. The fourth-order valence-electron chi connectivity index (χ4n) is 2.53. The summed E-state index contributed by atoms with van der Waals surface area (Å²) in [5.74, 6) is -3.24. The zero-order valence-electron chi connectivity index (χ0n) is 12.9. The number of carbonyl (C=O) groups is 2. The molecule has 9 heteroatoms. The van der Waals surface area contributed by atoms with E-state index in [1.165, 1.54) is 24.3 Å². The summed E-state index contributed by atoms with van der Waals surface area (Å²) in [5, 5.41) is 57.0. The molecule has 0 aromatic heterocycles. The van der Waals surface area contributed by atoms with Crippen LogP contribution in [0.4, 0.5) is 0 Å². The molecule has 1 aliphatic rings. The van der Waals surface area contributed by atoms with Gasteiger partial charge in [0.1, 0.15) is 12.2 Å². The Morgan fingerprint density at radius 2 is 1.84 bits per heavy atom. The standard InChI is InChI=1S/C16H18O9/c17-9-3-1-8(5-10(9)18)2-4-13(20)25-12-7-16(24,15(22)23)6-11(19)14(12)21/h1-5,11-12,14,17-19,21,24H,6-7H2,(H,22,23)/b4-2-/t11-,12+,14+,16-/m0/s1. The minimum Gasteiger partial charge on any atom is -0.504 e. The van der Waals surface area contributed by atoms with Crippen molar-refractivity contribution in [1.82, 2.24) is 0 Å². The van der Waals surface area contributed by atoms with E-state index < -0.39 is 48.7 Å². The third-order valence-corrected chi connectivity index (χ3v) is 3.94. The number of benzene rings is 1. The van der Waals surface area contributed by atoms with E-state index in [0.717, 1.165) is 6.08 Å². The van der Waals surface area contributed by atoms with Crippen LogP contribution in [-0.4, -0.2) is 66.5 Å². The van der Waals surface area contributed by atoms with Crippen LogP contribution in [0.25, 0.3) is 6.08 Å². The minimum atomic E-state index is -2.31. The second kappa shape index (κ2) is 7.09. The number of aromatic hydroxyl groups is 2. The number of carbonyl (C=O) groups excluding carboxylic acids is 1. The molecule has 136 valence electrons. The Morgan fingerprint density at radius 1 is 1.16 bits per heavy atom. The van der Waals surface area contributed by atoms with Gasteiger partial charge in [0.15, 0.2) is 17.1 Å². The highest BCUT2D eigenvalue weighted by molar-refractivity contribution is 5.87. The first-order valence-corrected chi connectivity index (χ1v) is 7.35. The van der Waals surface area contributed by atoms with Gasteiger partial charge in [0.2, 0.25) is 0 Å². The predicted molar refractivity (Wildman–Crippen MR) is 82.5 cm³/mol. The fourth-order valence-corrected chi connectivity index (χ4v) is 2.53. The number of carboxylic acid groups (broad SMARTS) is 1. The monoisotopic (exact) mass is 354 g/mol. The molecule has 1 aromatic carbocycles. The Morgan fingerprint density at radius 3 is 2.44 bits per heavy atom. The van der Waals surface area contributed by atoms with E-state index in [2.05, 4.69) is 0 Å². The average Bonchev–Trinajstić information content (AvgIpc) is 2.53. The Balaban J connectivity index is 2.06. The van der Waals surface area contributed by atoms with E-state index in [1.807, 2.05) is 0 Å². The summed E-state index contributed by atoms with van der Waals surface area (Å²) in [6, 6.07) is 3.83. The maximum absolute atomic E-state index is 11.8. The van der Waals surface area contributed by atoms with Crippen LogP contribution in [0.5, 0.6) is 11.5 Å². The molecule has 0 heterocycles. The number of phenols is 2. The van der Waals surface area contributed by atoms with Crippen LogP contribution < -0.4 is 0 Å². The maximum Gasteiger partial charge on any atom is 0.335 e. The number of ether oxygens (including phenoxy) is 1. The molecule has 0 spiro atoms. The molecule has 0 unspecified atom stereocenters. The smallest absolute Gasteiger partial charge is 0.335 e. The van der Waals surface area contributed by atoms with Crippen molar-refractivity contribution < 1.29 is 45.0 Å². The lowest BCUT2D eigenvalue weighted by atomic mass is 9.79. The van der Waals surface area contributed by atoms with Crippen LogP contribution in [0.15, 0.2) is 24.3 Å². The molecule has 2 rings (SSSR count). The predicted octanol–water partition coefficient (Wildman–Crippen LogP) is -0.646. The molecule has 0 bridgehead atoms. The molecule has 9 nitrogen and oxygen atoms in total. The van der Waals surface area contributed by atoms with Gasteiger partial charge in [0.05, 0.1) is 6.10 Å². The van der Waals surface area contributed by atoms with Crippen LogP contribution in [0.2, 0.25) is 0 Å². The quantitative estimate of drug-likeness (QED) is 0.234. The number of hydrogen-bond acceptors (Lipinski definition) is 8. The Hall–Kier alpha value is -2.62. The summed E-state index contributed by atoms with van der Waals surface area (Å²) >= 11 is 0. The van der Waals surface area contributed by atoms with E-state index in [0.29, 0.717) is 5.56 Å².